The van der Waals surface area contributed by atoms with Crippen LogP contribution in [0.1, 0.15) is 15.2 Å². The van der Waals surface area contributed by atoms with E-state index in [-0.39, 0.29) is 17.4 Å². The minimum absolute atomic E-state index is 0.0562. The molecule has 4 rings (SSSR count). The Bertz CT molecular complexity index is 1220. The fourth-order valence-electron chi connectivity index (χ4n) is 3.04. The molecule has 0 aliphatic heterocycles. The number of halogens is 2. The third kappa shape index (κ3) is 4.08. The van der Waals surface area contributed by atoms with Crippen molar-refractivity contribution < 1.29 is 23.4 Å². The molecular formula is C22H16F2N2O3S. The number of rotatable bonds is 5. The number of hydrogen-bond acceptors (Lipinski definition) is 5. The van der Waals surface area contributed by atoms with Gasteiger partial charge in [-0.2, -0.15) is 8.78 Å². The van der Waals surface area contributed by atoms with Crippen LogP contribution in [0.4, 0.5) is 14.5 Å². The van der Waals surface area contributed by atoms with Gasteiger partial charge in [0.15, 0.2) is 0 Å². The van der Waals surface area contributed by atoms with Crippen molar-refractivity contribution in [1.29, 1.82) is 0 Å². The molecule has 0 unspecified atom stereocenters. The number of phenolic OH excluding ortho intramolecular Hbond substituents is 1. The average Bonchev–Trinajstić information content (AvgIpc) is 3.05. The molecule has 4 aromatic rings. The summed E-state index contributed by atoms with van der Waals surface area (Å²) in [6, 6.07) is 16.2. The number of ether oxygens (including phenoxy) is 1. The predicted octanol–water partition coefficient (Wildman–Crippen LogP) is 5.83. The molecule has 0 bridgehead atoms. The van der Waals surface area contributed by atoms with Crippen molar-refractivity contribution in [1.82, 2.24) is 4.98 Å². The fourth-order valence-corrected chi connectivity index (χ4v) is 4.12. The number of alkyl halides is 2. The summed E-state index contributed by atoms with van der Waals surface area (Å²) in [5, 5.41) is 13.0. The third-order valence-electron chi connectivity index (χ3n) is 4.49. The van der Waals surface area contributed by atoms with Crippen LogP contribution < -0.4 is 10.1 Å². The first-order valence-electron chi connectivity index (χ1n) is 8.96. The number of hydrogen-bond donors (Lipinski definition) is 2. The number of carbonyl (C=O) groups excluding carboxylic acids is 1. The second kappa shape index (κ2) is 8.08. The maximum Gasteiger partial charge on any atom is 0.387 e. The lowest BCUT2D eigenvalue weighted by Crippen LogP contribution is -2.11. The second-order valence-electron chi connectivity index (χ2n) is 6.51. The Hall–Kier alpha value is -3.52. The normalized spacial score (nSPS) is 11.1. The summed E-state index contributed by atoms with van der Waals surface area (Å²) in [7, 11) is 0. The Labute approximate surface area is 174 Å². The van der Waals surface area contributed by atoms with Crippen LogP contribution in [0, 0.1) is 6.92 Å². The zero-order valence-electron chi connectivity index (χ0n) is 15.7. The zero-order chi connectivity index (χ0) is 21.3. The minimum Gasteiger partial charge on any atom is -0.508 e. The van der Waals surface area contributed by atoms with Gasteiger partial charge in [-0.1, -0.05) is 12.1 Å². The number of carbonyl (C=O) groups is 1. The summed E-state index contributed by atoms with van der Waals surface area (Å²) < 4.78 is 29.4. The molecule has 0 atom stereocenters. The lowest BCUT2D eigenvalue weighted by molar-refractivity contribution is -0.0498. The molecule has 0 radical (unpaired) electrons. The zero-order valence-corrected chi connectivity index (χ0v) is 16.5. The summed E-state index contributed by atoms with van der Waals surface area (Å²) in [5.74, 6) is -0.0958. The van der Waals surface area contributed by atoms with Gasteiger partial charge in [-0.05, 0) is 61.0 Å². The Morgan fingerprint density at radius 3 is 2.63 bits per heavy atom. The van der Waals surface area contributed by atoms with Gasteiger partial charge in [0.1, 0.15) is 16.3 Å². The molecule has 2 N–H and O–H groups in total. The summed E-state index contributed by atoms with van der Waals surface area (Å²) in [5.41, 5.74) is 2.60. The first-order valence-corrected chi connectivity index (χ1v) is 9.78. The van der Waals surface area contributed by atoms with Gasteiger partial charge >= 0.3 is 6.61 Å². The van der Waals surface area contributed by atoms with E-state index in [1.165, 1.54) is 35.6 Å². The molecule has 30 heavy (non-hydrogen) atoms. The number of phenols is 1. The Morgan fingerprint density at radius 1 is 1.13 bits per heavy atom. The summed E-state index contributed by atoms with van der Waals surface area (Å²) >= 11 is 1.25. The summed E-state index contributed by atoms with van der Waals surface area (Å²) in [6.45, 7) is -1.05. The molecule has 0 aliphatic rings. The number of pyridine rings is 1. The molecule has 0 spiro atoms. The van der Waals surface area contributed by atoms with E-state index in [0.29, 0.717) is 26.7 Å². The molecule has 2 heterocycles. The number of aromatic hydroxyl groups is 1. The van der Waals surface area contributed by atoms with Gasteiger partial charge in [0, 0.05) is 16.6 Å². The van der Waals surface area contributed by atoms with Crippen LogP contribution in [0.2, 0.25) is 0 Å². The minimum atomic E-state index is -2.90. The highest BCUT2D eigenvalue weighted by Crippen LogP contribution is 2.33. The van der Waals surface area contributed by atoms with E-state index in [4.69, 9.17) is 0 Å². The fraction of sp³-hybridized carbons (Fsp3) is 0.0909. The maximum absolute atomic E-state index is 12.7. The number of anilines is 1. The van der Waals surface area contributed by atoms with E-state index in [1.54, 1.807) is 30.3 Å². The first-order chi connectivity index (χ1) is 14.4. The highest BCUT2D eigenvalue weighted by atomic mass is 32.1. The average molecular weight is 426 g/mol. The van der Waals surface area contributed by atoms with Crippen molar-refractivity contribution in [2.45, 2.75) is 13.5 Å². The van der Waals surface area contributed by atoms with Crippen molar-refractivity contribution >= 4 is 33.1 Å². The molecule has 0 saturated heterocycles. The van der Waals surface area contributed by atoms with E-state index in [2.05, 4.69) is 15.0 Å². The van der Waals surface area contributed by atoms with Crippen LogP contribution in [-0.2, 0) is 0 Å². The van der Waals surface area contributed by atoms with Crippen LogP contribution >= 0.6 is 11.3 Å². The molecule has 1 amide bonds. The van der Waals surface area contributed by atoms with Crippen LogP contribution in [-0.4, -0.2) is 22.6 Å². The lowest BCUT2D eigenvalue weighted by Gasteiger charge is -2.06. The van der Waals surface area contributed by atoms with Gasteiger partial charge in [-0.3, -0.25) is 4.79 Å². The number of nitrogens with one attached hydrogen (secondary N) is 1. The van der Waals surface area contributed by atoms with Gasteiger partial charge in [-0.15, -0.1) is 11.3 Å². The number of benzene rings is 2. The van der Waals surface area contributed by atoms with Crippen molar-refractivity contribution in [3.8, 4) is 22.8 Å². The lowest BCUT2D eigenvalue weighted by atomic mass is 10.1. The quantitative estimate of drug-likeness (QED) is 0.394. The number of thiophene rings is 1. The molecule has 0 aliphatic carbocycles. The van der Waals surface area contributed by atoms with Crippen LogP contribution in [0.25, 0.3) is 21.5 Å². The highest BCUT2D eigenvalue weighted by molar-refractivity contribution is 7.20. The SMILES string of the molecule is Cc1c(C(=O)Nc2ccc(O)cc2)sc2nc(-c3cccc(OC(F)F)c3)ccc12. The smallest absolute Gasteiger partial charge is 0.387 e. The monoisotopic (exact) mass is 426 g/mol. The van der Waals surface area contributed by atoms with E-state index in [9.17, 15) is 18.7 Å². The van der Waals surface area contributed by atoms with E-state index in [0.717, 1.165) is 10.9 Å². The third-order valence-corrected chi connectivity index (χ3v) is 5.69. The van der Waals surface area contributed by atoms with Crippen LogP contribution in [0.3, 0.4) is 0 Å². The first kappa shape index (κ1) is 19.8. The standard InChI is InChI=1S/C22H16F2N2O3S/c1-12-17-9-10-18(13-3-2-4-16(11-13)29-22(23)24)26-21(17)30-19(12)20(28)25-14-5-7-15(27)8-6-14/h2-11,22,27H,1H3,(H,25,28). The molecular weight excluding hydrogens is 410 g/mol. The summed E-state index contributed by atoms with van der Waals surface area (Å²) in [6.07, 6.45) is 0. The Morgan fingerprint density at radius 2 is 1.90 bits per heavy atom. The molecule has 2 aromatic carbocycles. The van der Waals surface area contributed by atoms with Gasteiger partial charge in [0.25, 0.3) is 5.91 Å². The predicted molar refractivity (Wildman–Crippen MR) is 112 cm³/mol. The Kier molecular flexibility index (Phi) is 5.33. The van der Waals surface area contributed by atoms with Crippen LogP contribution in [0.5, 0.6) is 11.5 Å². The molecule has 2 aromatic heterocycles. The highest BCUT2D eigenvalue weighted by Gasteiger charge is 2.17. The molecule has 0 fully saturated rings. The van der Waals surface area contributed by atoms with E-state index < -0.39 is 6.61 Å². The Balaban J connectivity index is 1.64. The molecule has 8 heteroatoms. The largest absolute Gasteiger partial charge is 0.508 e. The molecule has 0 saturated carbocycles. The second-order valence-corrected chi connectivity index (χ2v) is 7.51. The molecule has 5 nitrogen and oxygen atoms in total. The van der Waals surface area contributed by atoms with Gasteiger partial charge < -0.3 is 15.2 Å². The van der Waals surface area contributed by atoms with Gasteiger partial charge in [-0.25, -0.2) is 4.98 Å². The number of fused-ring (bicyclic) bond motifs is 1. The van der Waals surface area contributed by atoms with E-state index >= 15 is 0 Å². The van der Waals surface area contributed by atoms with E-state index in [1.807, 2.05) is 13.0 Å². The van der Waals surface area contributed by atoms with Crippen molar-refractivity contribution in [3.05, 3.63) is 71.1 Å². The van der Waals surface area contributed by atoms with Crippen LogP contribution in [0.15, 0.2) is 60.7 Å². The van der Waals surface area contributed by atoms with Gasteiger partial charge in [0.05, 0.1) is 10.6 Å². The summed E-state index contributed by atoms with van der Waals surface area (Å²) in [4.78, 5) is 18.5. The maximum atomic E-state index is 12.7. The van der Waals surface area contributed by atoms with Crippen molar-refractivity contribution in [2.75, 3.05) is 5.32 Å². The number of amides is 1. The van der Waals surface area contributed by atoms with Crippen molar-refractivity contribution in [3.63, 3.8) is 0 Å². The number of aromatic nitrogens is 1. The van der Waals surface area contributed by atoms with Gasteiger partial charge in [0.2, 0.25) is 0 Å². The number of nitrogens with zero attached hydrogens (tertiary/aromatic N) is 1. The number of aryl methyl sites for hydroxylation is 1. The van der Waals surface area contributed by atoms with Crippen molar-refractivity contribution in [2.24, 2.45) is 0 Å². The topological polar surface area (TPSA) is 71.5 Å². The molecule has 152 valence electrons.